The van der Waals surface area contributed by atoms with Gasteiger partial charge in [0.1, 0.15) is 11.8 Å². The van der Waals surface area contributed by atoms with Crippen LogP contribution in [0.1, 0.15) is 31.1 Å². The highest BCUT2D eigenvalue weighted by molar-refractivity contribution is 8.01. The van der Waals surface area contributed by atoms with Crippen LogP contribution < -0.4 is 15.4 Å². The van der Waals surface area contributed by atoms with Crippen LogP contribution >= 0.6 is 11.8 Å². The molecule has 0 saturated carbocycles. The van der Waals surface area contributed by atoms with Gasteiger partial charge in [-0.3, -0.25) is 14.9 Å². The second kappa shape index (κ2) is 7.78. The number of ether oxygens (including phenoxy) is 1. The van der Waals surface area contributed by atoms with E-state index in [-0.39, 0.29) is 11.3 Å². The monoisotopic (exact) mass is 388 g/mol. The number of aliphatic carboxylic acids is 1. The molecule has 27 heavy (non-hydrogen) atoms. The van der Waals surface area contributed by atoms with Crippen molar-refractivity contribution in [2.75, 3.05) is 13.2 Å². The van der Waals surface area contributed by atoms with Crippen LogP contribution in [0.3, 0.4) is 0 Å². The number of hydrogen-bond donors (Lipinski definition) is 3. The van der Waals surface area contributed by atoms with Gasteiger partial charge in [-0.1, -0.05) is 30.3 Å². The Kier molecular flexibility index (Phi) is 5.62. The van der Waals surface area contributed by atoms with Gasteiger partial charge >= 0.3 is 5.97 Å². The normalized spacial score (nSPS) is 21.1. The fraction of sp³-hybridized carbons (Fsp3) is 0.400. The summed E-state index contributed by atoms with van der Waals surface area (Å²) in [5.41, 5.74) is 0.506. The molecule has 1 fully saturated rings. The van der Waals surface area contributed by atoms with Gasteiger partial charge in [0.2, 0.25) is 0 Å². The van der Waals surface area contributed by atoms with Gasteiger partial charge in [-0.2, -0.15) is 0 Å². The second-order valence-electron chi connectivity index (χ2n) is 6.95. The van der Waals surface area contributed by atoms with Gasteiger partial charge in [0.25, 0.3) is 5.91 Å². The number of thioether (sulfide) groups is 1. The lowest BCUT2D eigenvalue weighted by Crippen LogP contribution is -2.46. The number of hydrogen-bond acceptors (Lipinski definition) is 5. The lowest BCUT2D eigenvalue weighted by atomic mass is 10.0. The van der Waals surface area contributed by atoms with E-state index >= 15 is 0 Å². The van der Waals surface area contributed by atoms with Gasteiger partial charge < -0.3 is 15.2 Å². The zero-order chi connectivity index (χ0) is 19.6. The molecule has 1 heterocycles. The standard InChI is InChI=1S/C20H24N2O4S/c1-4-26-14-10-9-12-7-5-6-8-13(12)16(14)18(23)21-11-15-22-17(19(24)25)20(2,3)27-15/h5-10,15,17,22H,4,11H2,1-3H3,(H,21,23)(H,24,25)/t15?,17-/m0/s1. The number of benzene rings is 2. The lowest BCUT2D eigenvalue weighted by molar-refractivity contribution is -0.139. The Labute approximate surface area is 162 Å². The maximum Gasteiger partial charge on any atom is 0.322 e. The number of fused-ring (bicyclic) bond motifs is 1. The molecule has 1 aliphatic rings. The fourth-order valence-corrected chi connectivity index (χ4v) is 4.77. The molecule has 2 aromatic rings. The van der Waals surface area contributed by atoms with E-state index in [9.17, 15) is 14.7 Å². The molecule has 1 amide bonds. The summed E-state index contributed by atoms with van der Waals surface area (Å²) in [5.74, 6) is -0.562. The number of carboxylic acids is 1. The van der Waals surface area contributed by atoms with Crippen molar-refractivity contribution in [3.8, 4) is 5.75 Å². The summed E-state index contributed by atoms with van der Waals surface area (Å²) in [6, 6.07) is 10.8. The third kappa shape index (κ3) is 4.04. The summed E-state index contributed by atoms with van der Waals surface area (Å²) >= 11 is 1.52. The Hall–Kier alpha value is -2.25. The maximum absolute atomic E-state index is 12.9. The summed E-state index contributed by atoms with van der Waals surface area (Å²) in [6.45, 7) is 6.45. The number of rotatable bonds is 6. The van der Waals surface area contributed by atoms with Gasteiger partial charge in [-0.15, -0.1) is 11.8 Å². The van der Waals surface area contributed by atoms with Crippen molar-refractivity contribution >= 4 is 34.4 Å². The van der Waals surface area contributed by atoms with Crippen molar-refractivity contribution in [3.63, 3.8) is 0 Å². The molecule has 3 N–H and O–H groups in total. The van der Waals surface area contributed by atoms with Crippen LogP contribution in [0.4, 0.5) is 0 Å². The fourth-order valence-electron chi connectivity index (χ4n) is 3.36. The predicted octanol–water partition coefficient (Wildman–Crippen LogP) is 2.86. The largest absolute Gasteiger partial charge is 0.493 e. The molecule has 0 bridgehead atoms. The molecule has 2 atom stereocenters. The molecule has 0 spiro atoms. The molecule has 2 aromatic carbocycles. The number of carbonyl (C=O) groups excluding carboxylic acids is 1. The summed E-state index contributed by atoms with van der Waals surface area (Å²) < 4.78 is 5.21. The van der Waals surface area contributed by atoms with Crippen molar-refractivity contribution in [2.24, 2.45) is 0 Å². The third-order valence-corrected chi connectivity index (χ3v) is 6.04. The Morgan fingerprint density at radius 1 is 1.26 bits per heavy atom. The van der Waals surface area contributed by atoms with Crippen LogP contribution in [-0.2, 0) is 4.79 Å². The van der Waals surface area contributed by atoms with Crippen molar-refractivity contribution in [2.45, 2.75) is 36.9 Å². The molecule has 7 heteroatoms. The first-order valence-corrected chi connectivity index (χ1v) is 9.81. The number of carboxylic acid groups (broad SMARTS) is 1. The average Bonchev–Trinajstić information content (AvgIpc) is 2.94. The van der Waals surface area contributed by atoms with Gasteiger partial charge in [0, 0.05) is 11.3 Å². The minimum atomic E-state index is -0.881. The zero-order valence-corrected chi connectivity index (χ0v) is 16.4. The summed E-state index contributed by atoms with van der Waals surface area (Å²) in [6.07, 6.45) is 0. The Morgan fingerprint density at radius 3 is 2.67 bits per heavy atom. The van der Waals surface area contributed by atoms with Crippen LogP contribution in [0.5, 0.6) is 5.75 Å². The zero-order valence-electron chi connectivity index (χ0n) is 15.6. The first-order chi connectivity index (χ1) is 12.8. The predicted molar refractivity (Wildman–Crippen MR) is 107 cm³/mol. The molecular weight excluding hydrogens is 364 g/mol. The first-order valence-electron chi connectivity index (χ1n) is 8.93. The minimum Gasteiger partial charge on any atom is -0.493 e. The molecule has 144 valence electrons. The first kappa shape index (κ1) is 19.5. The number of nitrogens with one attached hydrogen (secondary N) is 2. The van der Waals surface area contributed by atoms with Crippen LogP contribution in [-0.4, -0.2) is 46.3 Å². The molecule has 0 aliphatic carbocycles. The average molecular weight is 388 g/mol. The van der Waals surface area contributed by atoms with Crippen molar-refractivity contribution in [1.29, 1.82) is 0 Å². The lowest BCUT2D eigenvalue weighted by Gasteiger charge is -2.20. The summed E-state index contributed by atoms with van der Waals surface area (Å²) in [4.78, 5) is 24.3. The molecule has 1 saturated heterocycles. The molecule has 3 rings (SSSR count). The number of carbonyl (C=O) groups is 2. The van der Waals surface area contributed by atoms with Gasteiger partial charge in [-0.25, -0.2) is 0 Å². The van der Waals surface area contributed by atoms with Crippen molar-refractivity contribution < 1.29 is 19.4 Å². The van der Waals surface area contributed by atoms with E-state index in [1.807, 2.05) is 57.2 Å². The molecular formula is C20H24N2O4S. The Balaban J connectivity index is 1.79. The Bertz CT molecular complexity index is 868. The SMILES string of the molecule is CCOc1ccc2ccccc2c1C(=O)NCC1N[C@@H](C(=O)O)C(C)(C)S1. The van der Waals surface area contributed by atoms with Gasteiger partial charge in [-0.05, 0) is 37.6 Å². The smallest absolute Gasteiger partial charge is 0.322 e. The highest BCUT2D eigenvalue weighted by Crippen LogP contribution is 2.37. The van der Waals surface area contributed by atoms with Crippen LogP contribution in [0.2, 0.25) is 0 Å². The van der Waals surface area contributed by atoms with Crippen LogP contribution in [0, 0.1) is 0 Å². The number of amides is 1. The Morgan fingerprint density at radius 2 is 2.00 bits per heavy atom. The molecule has 0 radical (unpaired) electrons. The van der Waals surface area contributed by atoms with E-state index in [2.05, 4.69) is 10.6 Å². The van der Waals surface area contributed by atoms with Crippen LogP contribution in [0.25, 0.3) is 10.8 Å². The molecule has 0 aromatic heterocycles. The van der Waals surface area contributed by atoms with Crippen LogP contribution in [0.15, 0.2) is 36.4 Å². The quantitative estimate of drug-likeness (QED) is 0.705. The van der Waals surface area contributed by atoms with E-state index in [1.165, 1.54) is 11.8 Å². The summed E-state index contributed by atoms with van der Waals surface area (Å²) in [5, 5.41) is 17.0. The van der Waals surface area contributed by atoms with E-state index in [0.29, 0.717) is 24.5 Å². The topological polar surface area (TPSA) is 87.7 Å². The van der Waals surface area contributed by atoms with E-state index < -0.39 is 16.8 Å². The highest BCUT2D eigenvalue weighted by atomic mass is 32.2. The second-order valence-corrected chi connectivity index (χ2v) is 8.81. The maximum atomic E-state index is 12.9. The molecule has 6 nitrogen and oxygen atoms in total. The minimum absolute atomic E-state index is 0.171. The van der Waals surface area contributed by atoms with Gasteiger partial charge in [0.15, 0.2) is 0 Å². The highest BCUT2D eigenvalue weighted by Gasteiger charge is 2.45. The molecule has 1 unspecified atom stereocenters. The summed E-state index contributed by atoms with van der Waals surface area (Å²) in [7, 11) is 0. The van der Waals surface area contributed by atoms with E-state index in [4.69, 9.17) is 4.74 Å². The van der Waals surface area contributed by atoms with Crippen molar-refractivity contribution in [1.82, 2.24) is 10.6 Å². The third-order valence-electron chi connectivity index (χ3n) is 4.61. The van der Waals surface area contributed by atoms with Crippen molar-refractivity contribution in [3.05, 3.63) is 42.0 Å². The van der Waals surface area contributed by atoms with Gasteiger partial charge in [0.05, 0.1) is 17.5 Å². The molecule has 1 aliphatic heterocycles. The van der Waals surface area contributed by atoms with E-state index in [1.54, 1.807) is 0 Å². The van der Waals surface area contributed by atoms with E-state index in [0.717, 1.165) is 10.8 Å².